The van der Waals surface area contributed by atoms with Gasteiger partial charge in [0, 0.05) is 32.6 Å². The molecule has 2 heterocycles. The maximum absolute atomic E-state index is 4.67. The van der Waals surface area contributed by atoms with E-state index in [-0.39, 0.29) is 0 Å². The Morgan fingerprint density at radius 3 is 2.65 bits per heavy atom. The number of aromatic nitrogens is 2. The van der Waals surface area contributed by atoms with Gasteiger partial charge in [0.2, 0.25) is 0 Å². The van der Waals surface area contributed by atoms with Gasteiger partial charge in [0.1, 0.15) is 17.5 Å². The second kappa shape index (κ2) is 5.84. The molecule has 2 rings (SSSR count). The quantitative estimate of drug-likeness (QED) is 0.869. The fourth-order valence-corrected chi connectivity index (χ4v) is 2.23. The van der Waals surface area contributed by atoms with Crippen molar-refractivity contribution in [2.24, 2.45) is 0 Å². The summed E-state index contributed by atoms with van der Waals surface area (Å²) in [5.41, 5.74) is 0. The maximum Gasteiger partial charge on any atom is 0.134 e. The van der Waals surface area contributed by atoms with Crippen LogP contribution in [-0.4, -0.2) is 30.1 Å². The summed E-state index contributed by atoms with van der Waals surface area (Å²) in [6, 6.07) is 2.06. The van der Waals surface area contributed by atoms with Crippen molar-refractivity contribution in [2.45, 2.75) is 39.0 Å². The first kappa shape index (κ1) is 12.1. The summed E-state index contributed by atoms with van der Waals surface area (Å²) in [6.07, 6.45) is 5.95. The topological polar surface area (TPSA) is 41.1 Å². The Labute approximate surface area is 103 Å². The molecule has 1 saturated heterocycles. The zero-order valence-corrected chi connectivity index (χ0v) is 10.9. The first-order chi connectivity index (χ1) is 8.33. The molecule has 0 aliphatic carbocycles. The number of rotatable bonds is 4. The molecule has 0 amide bonds. The second-order valence-corrected chi connectivity index (χ2v) is 4.58. The van der Waals surface area contributed by atoms with Crippen LogP contribution in [0.5, 0.6) is 0 Å². The average Bonchev–Trinajstić information content (AvgIpc) is 2.40. The SMILES string of the molecule is CCCc1nc(NC)cc(N2CCCCC2)n1. The monoisotopic (exact) mass is 234 g/mol. The first-order valence-corrected chi connectivity index (χ1v) is 6.64. The first-order valence-electron chi connectivity index (χ1n) is 6.64. The molecule has 0 unspecified atom stereocenters. The summed E-state index contributed by atoms with van der Waals surface area (Å²) in [6.45, 7) is 4.42. The Balaban J connectivity index is 2.21. The van der Waals surface area contributed by atoms with E-state index in [1.807, 2.05) is 7.05 Å². The van der Waals surface area contributed by atoms with Gasteiger partial charge in [0.05, 0.1) is 0 Å². The summed E-state index contributed by atoms with van der Waals surface area (Å²) in [7, 11) is 1.91. The van der Waals surface area contributed by atoms with Crippen molar-refractivity contribution in [3.05, 3.63) is 11.9 Å². The summed E-state index contributed by atoms with van der Waals surface area (Å²) in [5.74, 6) is 2.98. The molecule has 0 saturated carbocycles. The van der Waals surface area contributed by atoms with E-state index in [9.17, 15) is 0 Å². The lowest BCUT2D eigenvalue weighted by molar-refractivity contribution is 0.572. The summed E-state index contributed by atoms with van der Waals surface area (Å²) in [5, 5.41) is 3.13. The van der Waals surface area contributed by atoms with E-state index in [1.165, 1.54) is 19.3 Å². The highest BCUT2D eigenvalue weighted by Gasteiger charge is 2.14. The number of hydrogen-bond donors (Lipinski definition) is 1. The van der Waals surface area contributed by atoms with Gasteiger partial charge in [-0.2, -0.15) is 0 Å². The van der Waals surface area contributed by atoms with Gasteiger partial charge in [-0.3, -0.25) is 0 Å². The van der Waals surface area contributed by atoms with Gasteiger partial charge in [-0.05, 0) is 25.7 Å². The predicted molar refractivity (Wildman–Crippen MR) is 71.6 cm³/mol. The Morgan fingerprint density at radius 1 is 1.24 bits per heavy atom. The van der Waals surface area contributed by atoms with Crippen molar-refractivity contribution in [3.8, 4) is 0 Å². The molecule has 0 spiro atoms. The molecular formula is C13H22N4. The maximum atomic E-state index is 4.67. The minimum absolute atomic E-state index is 0.934. The van der Waals surface area contributed by atoms with Gasteiger partial charge in [-0.25, -0.2) is 9.97 Å². The molecule has 0 bridgehead atoms. The van der Waals surface area contributed by atoms with E-state index < -0.39 is 0 Å². The molecule has 1 fully saturated rings. The third-order valence-corrected chi connectivity index (χ3v) is 3.17. The number of aryl methyl sites for hydroxylation is 1. The number of hydrogen-bond acceptors (Lipinski definition) is 4. The van der Waals surface area contributed by atoms with E-state index in [4.69, 9.17) is 0 Å². The molecule has 1 aliphatic heterocycles. The van der Waals surface area contributed by atoms with Crippen molar-refractivity contribution < 1.29 is 0 Å². The third kappa shape index (κ3) is 3.08. The van der Waals surface area contributed by atoms with Crippen molar-refractivity contribution in [1.29, 1.82) is 0 Å². The van der Waals surface area contributed by atoms with Gasteiger partial charge < -0.3 is 10.2 Å². The van der Waals surface area contributed by atoms with Gasteiger partial charge in [0.15, 0.2) is 0 Å². The van der Waals surface area contributed by atoms with Crippen molar-refractivity contribution in [2.75, 3.05) is 30.4 Å². The van der Waals surface area contributed by atoms with Gasteiger partial charge >= 0.3 is 0 Å². The normalized spacial score (nSPS) is 16.0. The fraction of sp³-hybridized carbons (Fsp3) is 0.692. The van der Waals surface area contributed by atoms with E-state index in [1.54, 1.807) is 0 Å². The summed E-state index contributed by atoms with van der Waals surface area (Å²) in [4.78, 5) is 11.5. The molecular weight excluding hydrogens is 212 g/mol. The van der Waals surface area contributed by atoms with Crippen molar-refractivity contribution in [1.82, 2.24) is 9.97 Å². The highest BCUT2D eigenvalue weighted by atomic mass is 15.2. The Hall–Kier alpha value is -1.32. The Bertz CT molecular complexity index is 358. The molecule has 1 aliphatic rings. The van der Waals surface area contributed by atoms with Crippen LogP contribution in [0.15, 0.2) is 6.07 Å². The molecule has 4 heteroatoms. The van der Waals surface area contributed by atoms with Crippen LogP contribution in [0, 0.1) is 0 Å². The average molecular weight is 234 g/mol. The van der Waals surface area contributed by atoms with E-state index >= 15 is 0 Å². The Kier molecular flexibility index (Phi) is 4.18. The zero-order valence-electron chi connectivity index (χ0n) is 10.9. The van der Waals surface area contributed by atoms with Crippen LogP contribution >= 0.6 is 0 Å². The molecule has 94 valence electrons. The van der Waals surface area contributed by atoms with Crippen LogP contribution in [0.3, 0.4) is 0 Å². The summed E-state index contributed by atoms with van der Waals surface area (Å²) >= 11 is 0. The highest BCUT2D eigenvalue weighted by molar-refractivity contribution is 5.49. The minimum Gasteiger partial charge on any atom is -0.373 e. The lowest BCUT2D eigenvalue weighted by Crippen LogP contribution is -2.30. The van der Waals surface area contributed by atoms with Crippen LogP contribution < -0.4 is 10.2 Å². The van der Waals surface area contributed by atoms with Gasteiger partial charge in [0.25, 0.3) is 0 Å². The minimum atomic E-state index is 0.934. The predicted octanol–water partition coefficient (Wildman–Crippen LogP) is 2.46. The number of nitrogens with zero attached hydrogens (tertiary/aromatic N) is 3. The van der Waals surface area contributed by atoms with E-state index in [0.717, 1.165) is 43.4 Å². The van der Waals surface area contributed by atoms with Crippen molar-refractivity contribution in [3.63, 3.8) is 0 Å². The zero-order chi connectivity index (χ0) is 12.1. The molecule has 0 aromatic carbocycles. The van der Waals surface area contributed by atoms with Crippen LogP contribution in [-0.2, 0) is 6.42 Å². The van der Waals surface area contributed by atoms with Gasteiger partial charge in [-0.15, -0.1) is 0 Å². The number of nitrogens with one attached hydrogen (secondary N) is 1. The van der Waals surface area contributed by atoms with Crippen molar-refractivity contribution >= 4 is 11.6 Å². The standard InChI is InChI=1S/C13H22N4/c1-3-7-11-15-12(14-2)10-13(16-11)17-8-5-4-6-9-17/h10H,3-9H2,1-2H3,(H,14,15,16). The molecule has 4 nitrogen and oxygen atoms in total. The molecule has 17 heavy (non-hydrogen) atoms. The number of anilines is 2. The van der Waals surface area contributed by atoms with Crippen LogP contribution in [0.25, 0.3) is 0 Å². The second-order valence-electron chi connectivity index (χ2n) is 4.58. The Morgan fingerprint density at radius 2 is 2.00 bits per heavy atom. The molecule has 0 atom stereocenters. The molecule has 1 aromatic heterocycles. The molecule has 0 radical (unpaired) electrons. The lowest BCUT2D eigenvalue weighted by Gasteiger charge is -2.28. The smallest absolute Gasteiger partial charge is 0.134 e. The van der Waals surface area contributed by atoms with Crippen LogP contribution in [0.1, 0.15) is 38.4 Å². The molecule has 1 aromatic rings. The summed E-state index contributed by atoms with van der Waals surface area (Å²) < 4.78 is 0. The van der Waals surface area contributed by atoms with E-state index in [0.29, 0.717) is 0 Å². The highest BCUT2D eigenvalue weighted by Crippen LogP contribution is 2.20. The van der Waals surface area contributed by atoms with Crippen LogP contribution in [0.4, 0.5) is 11.6 Å². The third-order valence-electron chi connectivity index (χ3n) is 3.17. The van der Waals surface area contributed by atoms with Crippen LogP contribution in [0.2, 0.25) is 0 Å². The lowest BCUT2D eigenvalue weighted by atomic mass is 10.1. The fourth-order valence-electron chi connectivity index (χ4n) is 2.23. The largest absolute Gasteiger partial charge is 0.373 e. The van der Waals surface area contributed by atoms with E-state index in [2.05, 4.69) is 33.2 Å². The van der Waals surface area contributed by atoms with Gasteiger partial charge in [-0.1, -0.05) is 6.92 Å². The number of piperidine rings is 1. The molecule has 1 N–H and O–H groups in total.